The molecule has 10 nitrogen and oxygen atoms in total. The Bertz CT molecular complexity index is 971. The average Bonchev–Trinajstić information content (AvgIpc) is 2.88. The fraction of sp³-hybridized carbons (Fsp3) is 0.759. The van der Waals surface area contributed by atoms with Gasteiger partial charge in [0.15, 0.2) is 0 Å². The fourth-order valence-electron chi connectivity index (χ4n) is 4.51. The summed E-state index contributed by atoms with van der Waals surface area (Å²) in [5.74, 6) is -1.92. The third-order valence-electron chi connectivity index (χ3n) is 6.88. The predicted molar refractivity (Wildman–Crippen MR) is 153 cm³/mol. The van der Waals surface area contributed by atoms with Crippen molar-refractivity contribution >= 4 is 17.8 Å². The first kappa shape index (κ1) is 34.1. The number of aryl methyl sites for hydroxylation is 1. The molecule has 0 fully saturated rings. The summed E-state index contributed by atoms with van der Waals surface area (Å²) in [6, 6.07) is 0. The van der Waals surface area contributed by atoms with E-state index in [1.54, 1.807) is 0 Å². The molecule has 0 aliphatic heterocycles. The van der Waals surface area contributed by atoms with Gasteiger partial charge in [-0.2, -0.15) is 0 Å². The molecule has 0 spiro atoms. The van der Waals surface area contributed by atoms with Crippen LogP contribution in [-0.4, -0.2) is 57.0 Å². The summed E-state index contributed by atoms with van der Waals surface area (Å²) in [5, 5.41) is 11.9. The number of hydrogen-bond donors (Lipinski definition) is 3. The van der Waals surface area contributed by atoms with Gasteiger partial charge in [0.25, 0.3) is 5.56 Å². The Balaban J connectivity index is 2.15. The van der Waals surface area contributed by atoms with Crippen LogP contribution in [0.1, 0.15) is 115 Å². The van der Waals surface area contributed by atoms with Crippen molar-refractivity contribution in [2.24, 2.45) is 0 Å². The number of hydrogen-bond acceptors (Lipinski definition) is 5. The zero-order valence-electron chi connectivity index (χ0n) is 24.1. The lowest BCUT2D eigenvalue weighted by Crippen LogP contribution is -2.44. The Kier molecular flexibility index (Phi) is 18.4. The van der Waals surface area contributed by atoms with Crippen LogP contribution in [0.4, 0.5) is 0 Å². The van der Waals surface area contributed by atoms with Gasteiger partial charge in [-0.25, -0.2) is 4.79 Å². The average molecular weight is 551 g/mol. The highest BCUT2D eigenvalue weighted by Gasteiger charge is 2.18. The van der Waals surface area contributed by atoms with E-state index in [-0.39, 0.29) is 24.6 Å². The minimum atomic E-state index is -1.20. The first-order chi connectivity index (χ1) is 18.7. The number of carboxylic acid groups (broad SMARTS) is 1. The quantitative estimate of drug-likeness (QED) is 0.175. The molecule has 0 atom stereocenters. The lowest BCUT2D eigenvalue weighted by molar-refractivity contribution is -0.144. The van der Waals surface area contributed by atoms with Gasteiger partial charge in [-0.1, -0.05) is 96.8 Å². The number of aromatic nitrogens is 2. The summed E-state index contributed by atoms with van der Waals surface area (Å²) in [6.45, 7) is 2.92. The number of carbonyl (C=O) groups excluding carboxylic acids is 2. The predicted octanol–water partition coefficient (Wildman–Crippen LogP) is 4.14. The maximum absolute atomic E-state index is 12.6. The summed E-state index contributed by atoms with van der Waals surface area (Å²) in [6.07, 6.45) is 20.5. The molecular weight excluding hydrogens is 500 g/mol. The molecule has 1 heterocycles. The Morgan fingerprint density at radius 1 is 0.872 bits per heavy atom. The molecule has 10 heteroatoms. The Morgan fingerprint density at radius 3 is 1.90 bits per heavy atom. The van der Waals surface area contributed by atoms with Crippen molar-refractivity contribution in [2.75, 3.05) is 19.6 Å². The van der Waals surface area contributed by atoms with E-state index < -0.39 is 36.2 Å². The zero-order chi connectivity index (χ0) is 28.9. The maximum Gasteiger partial charge on any atom is 0.328 e. The van der Waals surface area contributed by atoms with Crippen LogP contribution in [0.5, 0.6) is 0 Å². The van der Waals surface area contributed by atoms with Crippen LogP contribution in [0.25, 0.3) is 0 Å². The molecule has 39 heavy (non-hydrogen) atoms. The second kappa shape index (κ2) is 21.0. The molecule has 0 saturated heterocycles. The molecule has 0 saturated carbocycles. The van der Waals surface area contributed by atoms with Crippen LogP contribution in [0.3, 0.4) is 0 Å². The van der Waals surface area contributed by atoms with Gasteiger partial charge >= 0.3 is 11.7 Å². The van der Waals surface area contributed by atoms with E-state index >= 15 is 0 Å². The molecule has 1 aromatic heterocycles. The van der Waals surface area contributed by atoms with E-state index in [1.807, 2.05) is 0 Å². The lowest BCUT2D eigenvalue weighted by atomic mass is 10.0. The van der Waals surface area contributed by atoms with Crippen LogP contribution in [0.15, 0.2) is 15.8 Å². The van der Waals surface area contributed by atoms with Crippen molar-refractivity contribution in [2.45, 2.75) is 123 Å². The summed E-state index contributed by atoms with van der Waals surface area (Å²) in [4.78, 5) is 62.6. The topological polar surface area (TPSA) is 142 Å². The van der Waals surface area contributed by atoms with E-state index in [4.69, 9.17) is 5.11 Å². The fourth-order valence-corrected chi connectivity index (χ4v) is 4.51. The Hall–Kier alpha value is -2.91. The van der Waals surface area contributed by atoms with Crippen LogP contribution in [0, 0.1) is 6.92 Å². The zero-order valence-corrected chi connectivity index (χ0v) is 24.1. The summed E-state index contributed by atoms with van der Waals surface area (Å²) in [7, 11) is 0. The number of nitrogens with zero attached hydrogens (tertiary/aromatic N) is 2. The van der Waals surface area contributed by atoms with Crippen LogP contribution in [0.2, 0.25) is 0 Å². The van der Waals surface area contributed by atoms with Crippen LogP contribution < -0.4 is 16.6 Å². The van der Waals surface area contributed by atoms with E-state index in [0.29, 0.717) is 6.42 Å². The monoisotopic (exact) mass is 550 g/mol. The Morgan fingerprint density at radius 2 is 1.38 bits per heavy atom. The molecule has 222 valence electrons. The van der Waals surface area contributed by atoms with Gasteiger partial charge in [-0.15, -0.1) is 0 Å². The minimum Gasteiger partial charge on any atom is -0.480 e. The number of nitrogens with one attached hydrogen (secondary N) is 2. The molecule has 0 aliphatic carbocycles. The lowest BCUT2D eigenvalue weighted by Gasteiger charge is -2.21. The van der Waals surface area contributed by atoms with Crippen LogP contribution >= 0.6 is 0 Å². The highest BCUT2D eigenvalue weighted by Crippen LogP contribution is 2.13. The molecule has 0 bridgehead atoms. The molecule has 0 aromatic carbocycles. The normalized spacial score (nSPS) is 10.9. The van der Waals surface area contributed by atoms with Crippen molar-refractivity contribution in [3.63, 3.8) is 0 Å². The van der Waals surface area contributed by atoms with Crippen molar-refractivity contribution in [3.05, 3.63) is 32.6 Å². The molecular formula is C29H50N4O6. The molecule has 2 amide bonds. The largest absolute Gasteiger partial charge is 0.480 e. The van der Waals surface area contributed by atoms with Crippen molar-refractivity contribution in [1.82, 2.24) is 19.8 Å². The van der Waals surface area contributed by atoms with E-state index in [1.165, 1.54) is 90.2 Å². The van der Waals surface area contributed by atoms with E-state index in [9.17, 15) is 24.0 Å². The number of aliphatic carboxylic acids is 1. The molecule has 0 unspecified atom stereocenters. The van der Waals surface area contributed by atoms with Crippen molar-refractivity contribution in [1.29, 1.82) is 0 Å². The minimum absolute atomic E-state index is 0.00676. The van der Waals surface area contributed by atoms with Crippen molar-refractivity contribution in [3.8, 4) is 0 Å². The van der Waals surface area contributed by atoms with E-state index in [2.05, 4.69) is 17.2 Å². The smallest absolute Gasteiger partial charge is 0.328 e. The highest BCUT2D eigenvalue weighted by atomic mass is 16.4. The summed E-state index contributed by atoms with van der Waals surface area (Å²) < 4.78 is 1.03. The summed E-state index contributed by atoms with van der Waals surface area (Å²) >= 11 is 0. The van der Waals surface area contributed by atoms with Gasteiger partial charge in [-0.05, 0) is 13.3 Å². The maximum atomic E-state index is 12.6. The third kappa shape index (κ3) is 16.6. The van der Waals surface area contributed by atoms with Crippen LogP contribution in [-0.2, 0) is 20.9 Å². The first-order valence-corrected chi connectivity index (χ1v) is 14.8. The second-order valence-electron chi connectivity index (χ2n) is 10.5. The molecule has 3 N–H and O–H groups in total. The SMILES string of the molecule is CCCCCCCCCCCCCCCCCC(=O)NCCN(CC(=O)O)C(=O)Cn1cc(C)c(=O)[nH]c1=O. The number of carboxylic acids is 1. The highest BCUT2D eigenvalue weighted by molar-refractivity contribution is 5.81. The molecule has 1 aromatic rings. The summed E-state index contributed by atoms with van der Waals surface area (Å²) in [5.41, 5.74) is -1.02. The van der Waals surface area contributed by atoms with Crippen molar-refractivity contribution < 1.29 is 19.5 Å². The number of unbranched alkanes of at least 4 members (excludes halogenated alkanes) is 14. The second-order valence-corrected chi connectivity index (χ2v) is 10.5. The molecule has 0 aliphatic rings. The third-order valence-corrected chi connectivity index (χ3v) is 6.88. The molecule has 0 radical (unpaired) electrons. The number of rotatable bonds is 23. The number of carbonyl (C=O) groups is 3. The van der Waals surface area contributed by atoms with Gasteiger partial charge < -0.3 is 15.3 Å². The number of amides is 2. The first-order valence-electron chi connectivity index (χ1n) is 14.8. The van der Waals surface area contributed by atoms with E-state index in [0.717, 1.165) is 28.7 Å². The van der Waals surface area contributed by atoms with Gasteiger partial charge in [0.1, 0.15) is 13.1 Å². The number of H-pyrrole nitrogens is 1. The molecule has 1 rings (SSSR count). The van der Waals surface area contributed by atoms with Gasteiger partial charge in [-0.3, -0.25) is 28.7 Å². The van der Waals surface area contributed by atoms with Gasteiger partial charge in [0.05, 0.1) is 0 Å². The standard InChI is InChI=1S/C29H50N4O6/c1-3-4-5-6-7-8-9-10-11-12-13-14-15-16-17-18-25(34)30-19-20-32(23-27(36)37)26(35)22-33-21-24(2)28(38)31-29(33)39/h21H,3-20,22-23H2,1-2H3,(H,30,34)(H,36,37)(H,31,38,39). The van der Waals surface area contributed by atoms with Gasteiger partial charge in [0, 0.05) is 31.3 Å². The van der Waals surface area contributed by atoms with Gasteiger partial charge in [0.2, 0.25) is 11.8 Å². The number of aromatic amines is 1. The Labute approximate surface area is 232 Å².